The second kappa shape index (κ2) is 5.31. The summed E-state index contributed by atoms with van der Waals surface area (Å²) in [6.45, 7) is 1.86. The first-order chi connectivity index (χ1) is 7.13. The molecule has 1 rings (SSSR count). The predicted octanol–water partition coefficient (Wildman–Crippen LogP) is 1.21. The smallest absolute Gasteiger partial charge is 0.186 e. The third kappa shape index (κ3) is 3.55. The number of hydrazone groups is 1. The third-order valence-corrected chi connectivity index (χ3v) is 2.13. The first-order valence-electron chi connectivity index (χ1n) is 4.45. The molecule has 0 aliphatic heterocycles. The Bertz CT molecular complexity index is 373. The number of thiocarbonyl (C=S) groups is 1. The number of phenolic OH excluding ortho intramolecular Hbond substituents is 1. The molecule has 0 bridgehead atoms. The van der Waals surface area contributed by atoms with Crippen molar-refractivity contribution < 1.29 is 5.11 Å². The molecule has 5 heteroatoms. The molecule has 1 aromatic carbocycles. The molecule has 0 spiro atoms. The monoisotopic (exact) mass is 223 g/mol. The van der Waals surface area contributed by atoms with Crippen LogP contribution < -0.4 is 10.7 Å². The Hall–Kier alpha value is -1.62. The quantitative estimate of drug-likeness (QED) is 0.401. The van der Waals surface area contributed by atoms with E-state index >= 15 is 0 Å². The van der Waals surface area contributed by atoms with E-state index in [1.54, 1.807) is 31.3 Å². The van der Waals surface area contributed by atoms with E-state index in [1.807, 2.05) is 6.92 Å². The fourth-order valence-electron chi connectivity index (χ4n) is 0.958. The van der Waals surface area contributed by atoms with Crippen molar-refractivity contribution in [1.82, 2.24) is 10.7 Å². The summed E-state index contributed by atoms with van der Waals surface area (Å²) in [5.41, 5.74) is 4.42. The van der Waals surface area contributed by atoms with E-state index in [0.717, 1.165) is 11.3 Å². The average molecular weight is 223 g/mol. The molecular weight excluding hydrogens is 210 g/mol. The van der Waals surface area contributed by atoms with Crippen molar-refractivity contribution in [2.24, 2.45) is 5.10 Å². The van der Waals surface area contributed by atoms with Crippen LogP contribution in [-0.2, 0) is 0 Å². The van der Waals surface area contributed by atoms with Crippen molar-refractivity contribution in [2.75, 3.05) is 7.05 Å². The van der Waals surface area contributed by atoms with Crippen molar-refractivity contribution >= 4 is 23.0 Å². The minimum Gasteiger partial charge on any atom is -0.508 e. The molecule has 0 aromatic heterocycles. The van der Waals surface area contributed by atoms with Crippen LogP contribution in [0.25, 0.3) is 0 Å². The van der Waals surface area contributed by atoms with Gasteiger partial charge in [-0.3, -0.25) is 5.43 Å². The molecule has 15 heavy (non-hydrogen) atoms. The Morgan fingerprint density at radius 3 is 2.47 bits per heavy atom. The first kappa shape index (κ1) is 11.5. The van der Waals surface area contributed by atoms with E-state index in [2.05, 4.69) is 15.8 Å². The summed E-state index contributed by atoms with van der Waals surface area (Å²) >= 11 is 4.88. The molecule has 0 atom stereocenters. The van der Waals surface area contributed by atoms with Gasteiger partial charge < -0.3 is 10.4 Å². The fourth-order valence-corrected chi connectivity index (χ4v) is 1.00. The number of hydrogen-bond donors (Lipinski definition) is 3. The second-order valence-electron chi connectivity index (χ2n) is 2.94. The first-order valence-corrected chi connectivity index (χ1v) is 4.85. The normalized spacial score (nSPS) is 10.9. The Labute approximate surface area is 94.0 Å². The molecule has 0 heterocycles. The van der Waals surface area contributed by atoms with Crippen LogP contribution in [0.3, 0.4) is 0 Å². The highest BCUT2D eigenvalue weighted by molar-refractivity contribution is 7.80. The van der Waals surface area contributed by atoms with Crippen molar-refractivity contribution in [3.05, 3.63) is 29.8 Å². The van der Waals surface area contributed by atoms with Crippen LogP contribution in [0.2, 0.25) is 0 Å². The van der Waals surface area contributed by atoms with Crippen LogP contribution in [0.5, 0.6) is 5.75 Å². The Balaban J connectivity index is 2.71. The van der Waals surface area contributed by atoms with Gasteiger partial charge in [-0.05, 0) is 49.0 Å². The molecule has 0 saturated heterocycles. The van der Waals surface area contributed by atoms with Gasteiger partial charge in [0.15, 0.2) is 5.11 Å². The number of rotatable bonds is 2. The maximum atomic E-state index is 9.11. The number of hydrogen-bond acceptors (Lipinski definition) is 3. The van der Waals surface area contributed by atoms with Gasteiger partial charge in [0.25, 0.3) is 0 Å². The van der Waals surface area contributed by atoms with Crippen molar-refractivity contribution in [1.29, 1.82) is 0 Å². The molecule has 0 aliphatic carbocycles. The predicted molar refractivity (Wildman–Crippen MR) is 65.1 cm³/mol. The lowest BCUT2D eigenvalue weighted by Crippen LogP contribution is -2.29. The molecule has 0 fully saturated rings. The Morgan fingerprint density at radius 2 is 1.93 bits per heavy atom. The fraction of sp³-hybridized carbons (Fsp3) is 0.200. The summed E-state index contributed by atoms with van der Waals surface area (Å²) in [5.74, 6) is 0.241. The summed E-state index contributed by atoms with van der Waals surface area (Å²) in [5, 5.41) is 16.4. The van der Waals surface area contributed by atoms with E-state index in [4.69, 9.17) is 17.3 Å². The zero-order valence-corrected chi connectivity index (χ0v) is 9.43. The van der Waals surface area contributed by atoms with Gasteiger partial charge in [0.05, 0.1) is 5.71 Å². The molecule has 80 valence electrons. The zero-order chi connectivity index (χ0) is 11.3. The van der Waals surface area contributed by atoms with Gasteiger partial charge in [-0.1, -0.05) is 0 Å². The van der Waals surface area contributed by atoms with Gasteiger partial charge in [0.2, 0.25) is 0 Å². The minimum atomic E-state index is 0.241. The number of benzene rings is 1. The van der Waals surface area contributed by atoms with Crippen molar-refractivity contribution in [2.45, 2.75) is 6.92 Å². The summed E-state index contributed by atoms with van der Waals surface area (Å²) < 4.78 is 0. The SMILES string of the molecule is CNC(=S)N/N=C(\C)c1ccc(O)cc1. The Kier molecular flexibility index (Phi) is 4.05. The van der Waals surface area contributed by atoms with Gasteiger partial charge in [-0.15, -0.1) is 0 Å². The highest BCUT2D eigenvalue weighted by Gasteiger charge is 1.97. The van der Waals surface area contributed by atoms with Crippen LogP contribution in [0.1, 0.15) is 12.5 Å². The lowest BCUT2D eigenvalue weighted by Gasteiger charge is -2.03. The summed E-state index contributed by atoms with van der Waals surface area (Å²) in [6, 6.07) is 6.81. The molecule has 4 nitrogen and oxygen atoms in total. The van der Waals surface area contributed by atoms with Gasteiger partial charge in [0, 0.05) is 7.05 Å². The molecule has 3 N–H and O–H groups in total. The van der Waals surface area contributed by atoms with Crippen LogP contribution in [0.15, 0.2) is 29.4 Å². The summed E-state index contributed by atoms with van der Waals surface area (Å²) in [6.07, 6.45) is 0. The largest absolute Gasteiger partial charge is 0.508 e. The molecule has 0 aliphatic rings. The molecule has 0 saturated carbocycles. The van der Waals surface area contributed by atoms with E-state index < -0.39 is 0 Å². The van der Waals surface area contributed by atoms with Gasteiger partial charge in [-0.25, -0.2) is 0 Å². The van der Waals surface area contributed by atoms with E-state index in [-0.39, 0.29) is 5.75 Å². The standard InChI is InChI=1S/C10H13N3OS/c1-7(12-13-10(15)11-2)8-3-5-9(14)6-4-8/h3-6,14H,1-2H3,(H2,11,13,15)/b12-7+. The minimum absolute atomic E-state index is 0.241. The van der Waals surface area contributed by atoms with Gasteiger partial charge in [0.1, 0.15) is 5.75 Å². The molecule has 0 unspecified atom stereocenters. The molecular formula is C10H13N3OS. The second-order valence-corrected chi connectivity index (χ2v) is 3.34. The molecule has 0 amide bonds. The van der Waals surface area contributed by atoms with Crippen LogP contribution in [-0.4, -0.2) is 23.0 Å². The summed E-state index contributed by atoms with van der Waals surface area (Å²) in [4.78, 5) is 0. The molecule has 0 radical (unpaired) electrons. The van der Waals surface area contributed by atoms with E-state index in [0.29, 0.717) is 5.11 Å². The van der Waals surface area contributed by atoms with Crippen LogP contribution in [0.4, 0.5) is 0 Å². The van der Waals surface area contributed by atoms with Crippen LogP contribution >= 0.6 is 12.2 Å². The zero-order valence-electron chi connectivity index (χ0n) is 8.61. The Morgan fingerprint density at radius 1 is 1.33 bits per heavy atom. The van der Waals surface area contributed by atoms with E-state index in [9.17, 15) is 0 Å². The maximum Gasteiger partial charge on any atom is 0.186 e. The maximum absolute atomic E-state index is 9.11. The lowest BCUT2D eigenvalue weighted by molar-refractivity contribution is 0.475. The number of nitrogens with one attached hydrogen (secondary N) is 2. The van der Waals surface area contributed by atoms with Crippen molar-refractivity contribution in [3.63, 3.8) is 0 Å². The number of nitrogens with zero attached hydrogens (tertiary/aromatic N) is 1. The van der Waals surface area contributed by atoms with Crippen molar-refractivity contribution in [3.8, 4) is 5.75 Å². The third-order valence-electron chi connectivity index (χ3n) is 1.84. The lowest BCUT2D eigenvalue weighted by atomic mass is 10.1. The van der Waals surface area contributed by atoms with Gasteiger partial charge >= 0.3 is 0 Å². The highest BCUT2D eigenvalue weighted by Crippen LogP contribution is 2.09. The average Bonchev–Trinajstić information content (AvgIpc) is 2.26. The number of phenols is 1. The summed E-state index contributed by atoms with van der Waals surface area (Å²) in [7, 11) is 1.72. The topological polar surface area (TPSA) is 56.7 Å². The highest BCUT2D eigenvalue weighted by atomic mass is 32.1. The number of aromatic hydroxyl groups is 1. The van der Waals surface area contributed by atoms with Gasteiger partial charge in [-0.2, -0.15) is 5.10 Å². The molecule has 1 aromatic rings. The van der Waals surface area contributed by atoms with E-state index in [1.165, 1.54) is 0 Å². The van der Waals surface area contributed by atoms with Crippen LogP contribution in [0, 0.1) is 0 Å².